The van der Waals surface area contributed by atoms with Gasteiger partial charge in [-0.05, 0) is 63.0 Å². The number of carbonyl (C=O) groups excluding carboxylic acids is 2. The lowest BCUT2D eigenvalue weighted by Gasteiger charge is -2.25. The second kappa shape index (κ2) is 9.79. The average molecular weight is 411 g/mol. The molecule has 1 atom stereocenters. The van der Waals surface area contributed by atoms with Crippen LogP contribution < -0.4 is 10.6 Å². The molecule has 5 nitrogen and oxygen atoms in total. The molecule has 1 aliphatic carbocycles. The maximum Gasteiger partial charge on any atom is 0.313 e. The number of carbonyl (C=O) groups is 2. The van der Waals surface area contributed by atoms with Crippen molar-refractivity contribution in [2.45, 2.75) is 65.9 Å². The van der Waals surface area contributed by atoms with Gasteiger partial charge in [0.15, 0.2) is 0 Å². The molecule has 1 amide bonds. The van der Waals surface area contributed by atoms with Gasteiger partial charge in [0.2, 0.25) is 0 Å². The van der Waals surface area contributed by atoms with Gasteiger partial charge in [0.25, 0.3) is 5.91 Å². The molecule has 2 N–H and O–H groups in total. The Bertz CT molecular complexity index is 876. The minimum atomic E-state index is -0.474. The van der Waals surface area contributed by atoms with E-state index < -0.39 is 5.60 Å². The van der Waals surface area contributed by atoms with E-state index in [1.54, 1.807) is 11.0 Å². The SMILES string of the molecule is CC.CCC(C)(C)OC(=O)C(C)c1ccc(N2CC3=CCC=CC(N)=C3C2=O)cc1. The monoisotopic (exact) mass is 410 g/mol. The minimum Gasteiger partial charge on any atom is -0.459 e. The van der Waals surface area contributed by atoms with E-state index in [0.29, 0.717) is 17.8 Å². The van der Waals surface area contributed by atoms with E-state index in [1.807, 2.05) is 78.0 Å². The van der Waals surface area contributed by atoms with E-state index in [-0.39, 0.29) is 17.8 Å². The summed E-state index contributed by atoms with van der Waals surface area (Å²) in [6.07, 6.45) is 7.33. The van der Waals surface area contributed by atoms with Crippen LogP contribution in [-0.2, 0) is 14.3 Å². The van der Waals surface area contributed by atoms with Crippen LogP contribution in [0.1, 0.15) is 65.9 Å². The smallest absolute Gasteiger partial charge is 0.313 e. The lowest BCUT2D eigenvalue weighted by molar-refractivity contribution is -0.158. The summed E-state index contributed by atoms with van der Waals surface area (Å²) in [5.74, 6) is -0.694. The number of ether oxygens (including phenoxy) is 1. The Kier molecular flexibility index (Phi) is 7.65. The summed E-state index contributed by atoms with van der Waals surface area (Å²) in [7, 11) is 0. The first-order valence-electron chi connectivity index (χ1n) is 10.7. The third-order valence-electron chi connectivity index (χ3n) is 5.48. The van der Waals surface area contributed by atoms with Crippen molar-refractivity contribution in [1.82, 2.24) is 0 Å². The second-order valence-corrected chi connectivity index (χ2v) is 7.94. The van der Waals surface area contributed by atoms with E-state index in [9.17, 15) is 9.59 Å². The van der Waals surface area contributed by atoms with Crippen molar-refractivity contribution in [3.63, 3.8) is 0 Å². The van der Waals surface area contributed by atoms with E-state index in [2.05, 4.69) is 0 Å². The molecule has 2 aliphatic rings. The summed E-state index contributed by atoms with van der Waals surface area (Å²) < 4.78 is 5.60. The Morgan fingerprint density at radius 1 is 1.23 bits per heavy atom. The maximum atomic E-state index is 12.9. The number of hydrogen-bond donors (Lipinski definition) is 1. The zero-order valence-corrected chi connectivity index (χ0v) is 19.0. The number of amides is 1. The molecule has 1 unspecified atom stereocenters. The highest BCUT2D eigenvalue weighted by atomic mass is 16.6. The zero-order valence-electron chi connectivity index (χ0n) is 19.0. The van der Waals surface area contributed by atoms with E-state index in [4.69, 9.17) is 10.5 Å². The predicted molar refractivity (Wildman–Crippen MR) is 122 cm³/mol. The van der Waals surface area contributed by atoms with Crippen LogP contribution in [0.25, 0.3) is 0 Å². The van der Waals surface area contributed by atoms with Crippen LogP contribution in [0.3, 0.4) is 0 Å². The standard InChI is InChI=1S/C23H28N2O3.C2H6/c1-5-23(3,4)28-22(27)15(2)16-10-12-18(13-11-16)25-14-17-8-6-7-9-19(24)20(17)21(25)26;1-2/h7-13,15H,5-6,14,24H2,1-4H3;1-2H3. The fraction of sp³-hybridized carbons (Fsp3) is 0.440. The Morgan fingerprint density at radius 3 is 2.47 bits per heavy atom. The molecular weight excluding hydrogens is 376 g/mol. The van der Waals surface area contributed by atoms with Crippen molar-refractivity contribution in [1.29, 1.82) is 0 Å². The first-order chi connectivity index (χ1) is 14.2. The van der Waals surface area contributed by atoms with Gasteiger partial charge in [-0.25, -0.2) is 0 Å². The first-order valence-corrected chi connectivity index (χ1v) is 10.7. The maximum absolute atomic E-state index is 12.9. The summed E-state index contributed by atoms with van der Waals surface area (Å²) in [6, 6.07) is 7.52. The summed E-state index contributed by atoms with van der Waals surface area (Å²) in [4.78, 5) is 27.0. The first kappa shape index (κ1) is 23.5. The molecule has 1 heterocycles. The van der Waals surface area contributed by atoms with Gasteiger partial charge in [0, 0.05) is 11.4 Å². The molecule has 0 saturated carbocycles. The molecule has 162 valence electrons. The Hall–Kier alpha value is -2.82. The molecule has 3 rings (SSSR count). The Balaban J connectivity index is 0.00000155. The summed E-state index contributed by atoms with van der Waals surface area (Å²) in [6.45, 7) is 12.2. The number of anilines is 1. The third-order valence-corrected chi connectivity index (χ3v) is 5.48. The Morgan fingerprint density at radius 2 is 1.87 bits per heavy atom. The highest BCUT2D eigenvalue weighted by molar-refractivity contribution is 6.13. The van der Waals surface area contributed by atoms with Gasteiger partial charge in [0.1, 0.15) is 5.60 Å². The lowest BCUT2D eigenvalue weighted by Crippen LogP contribution is -2.29. The van der Waals surface area contributed by atoms with Crippen LogP contribution in [0.15, 0.2) is 59.3 Å². The third kappa shape index (κ3) is 5.02. The normalized spacial score (nSPS) is 16.9. The van der Waals surface area contributed by atoms with Crippen molar-refractivity contribution in [3.8, 4) is 0 Å². The molecule has 0 aromatic heterocycles. The van der Waals surface area contributed by atoms with E-state index in [0.717, 1.165) is 29.7 Å². The largest absolute Gasteiger partial charge is 0.459 e. The van der Waals surface area contributed by atoms with Crippen LogP contribution in [0, 0.1) is 0 Å². The van der Waals surface area contributed by atoms with Crippen molar-refractivity contribution < 1.29 is 14.3 Å². The van der Waals surface area contributed by atoms with Gasteiger partial charge in [-0.3, -0.25) is 9.59 Å². The molecule has 0 bridgehead atoms. The number of hydrogen-bond acceptors (Lipinski definition) is 4. The highest BCUT2D eigenvalue weighted by Gasteiger charge is 2.33. The fourth-order valence-electron chi connectivity index (χ4n) is 3.28. The Labute approximate surface area is 180 Å². The van der Waals surface area contributed by atoms with Gasteiger partial charge in [-0.1, -0.05) is 45.1 Å². The lowest BCUT2D eigenvalue weighted by atomic mass is 10.00. The fourth-order valence-corrected chi connectivity index (χ4v) is 3.28. The molecule has 5 heteroatoms. The zero-order chi connectivity index (χ0) is 22.5. The number of nitrogens with zero attached hydrogens (tertiary/aromatic N) is 1. The van der Waals surface area contributed by atoms with Gasteiger partial charge in [-0.2, -0.15) is 0 Å². The van der Waals surface area contributed by atoms with E-state index in [1.165, 1.54) is 0 Å². The van der Waals surface area contributed by atoms with Gasteiger partial charge in [-0.15, -0.1) is 0 Å². The van der Waals surface area contributed by atoms with Crippen LogP contribution in [0.5, 0.6) is 0 Å². The number of benzene rings is 1. The summed E-state index contributed by atoms with van der Waals surface area (Å²) >= 11 is 0. The van der Waals surface area contributed by atoms with Crippen LogP contribution in [-0.4, -0.2) is 24.0 Å². The molecule has 1 aromatic rings. The molecule has 0 radical (unpaired) electrons. The van der Waals surface area contributed by atoms with Crippen molar-refractivity contribution in [2.75, 3.05) is 11.4 Å². The number of rotatable bonds is 5. The second-order valence-electron chi connectivity index (χ2n) is 7.94. The predicted octanol–water partition coefficient (Wildman–Crippen LogP) is 4.99. The number of allylic oxidation sites excluding steroid dienone is 3. The molecule has 1 saturated heterocycles. The molecule has 1 aliphatic heterocycles. The van der Waals surface area contributed by atoms with Crippen molar-refractivity contribution >= 4 is 17.6 Å². The summed E-state index contributed by atoms with van der Waals surface area (Å²) in [5, 5.41) is 0. The average Bonchev–Trinajstić information content (AvgIpc) is 2.96. The quantitative estimate of drug-likeness (QED) is 0.694. The van der Waals surface area contributed by atoms with Gasteiger partial charge < -0.3 is 15.4 Å². The number of fused-ring (bicyclic) bond motifs is 1. The number of esters is 1. The molecule has 30 heavy (non-hydrogen) atoms. The van der Waals surface area contributed by atoms with Crippen LogP contribution in [0.2, 0.25) is 0 Å². The molecule has 0 spiro atoms. The molecule has 1 aromatic carbocycles. The van der Waals surface area contributed by atoms with Gasteiger partial charge >= 0.3 is 5.97 Å². The molecule has 1 fully saturated rings. The highest BCUT2D eigenvalue weighted by Crippen LogP contribution is 2.32. The van der Waals surface area contributed by atoms with Crippen LogP contribution in [0.4, 0.5) is 5.69 Å². The van der Waals surface area contributed by atoms with Gasteiger partial charge in [0.05, 0.1) is 18.0 Å². The van der Waals surface area contributed by atoms with E-state index >= 15 is 0 Å². The van der Waals surface area contributed by atoms with Crippen molar-refractivity contribution in [3.05, 3.63) is 64.9 Å². The molecular formula is C25H34N2O3. The summed E-state index contributed by atoms with van der Waals surface area (Å²) in [5.41, 5.74) is 9.32. The minimum absolute atomic E-state index is 0.0831. The number of nitrogens with two attached hydrogens (primary N) is 1. The topological polar surface area (TPSA) is 72.6 Å². The van der Waals surface area contributed by atoms with Crippen LogP contribution >= 0.6 is 0 Å². The van der Waals surface area contributed by atoms with Crippen molar-refractivity contribution in [2.24, 2.45) is 5.73 Å².